The molecule has 0 bridgehead atoms. The standard InChI is InChI=1S/C64H35N6.Ir/c1-4-15-50(44-30-39-23-25-59-55(20-9-27-65-59)61(39)68-36-44)47(12-1)41-32-42(48-13-2-5-16-51(48)45-31-40-24-26-60-56(21-10-28-66-60)62(40)69-37-45)34-43(33-41)49-14-3-6-17-52(49)46-35-58-53-18-7-8-19-54(53)63-57(22-11-29-67-63)64(58)70-38-46;/h1-19,23-38H;/q-3;+3. The molecule has 0 saturated carbocycles. The fourth-order valence-corrected chi connectivity index (χ4v) is 10.4. The molecule has 6 nitrogen and oxygen atoms in total. The van der Waals surface area contributed by atoms with E-state index in [9.17, 15) is 0 Å². The summed E-state index contributed by atoms with van der Waals surface area (Å²) in [5.74, 6) is 0. The maximum atomic E-state index is 5.17. The summed E-state index contributed by atoms with van der Waals surface area (Å²) in [6.07, 6.45) is 11.3. The monoisotopic (exact) mass is 1080 g/mol. The van der Waals surface area contributed by atoms with Gasteiger partial charge in [0.25, 0.3) is 0 Å². The van der Waals surface area contributed by atoms with Crippen molar-refractivity contribution in [3.63, 3.8) is 0 Å². The predicted molar refractivity (Wildman–Crippen MR) is 285 cm³/mol. The molecular weight excluding hydrogens is 1040 g/mol. The summed E-state index contributed by atoms with van der Waals surface area (Å²) in [5.41, 5.74) is 18.1. The zero-order chi connectivity index (χ0) is 46.1. The van der Waals surface area contributed by atoms with E-state index >= 15 is 0 Å². The summed E-state index contributed by atoms with van der Waals surface area (Å²) >= 11 is 0. The predicted octanol–water partition coefficient (Wildman–Crippen LogP) is 15.5. The molecule has 0 aliphatic heterocycles. The van der Waals surface area contributed by atoms with Gasteiger partial charge in [-0.15, -0.1) is 36.4 Å². The van der Waals surface area contributed by atoms with Crippen molar-refractivity contribution in [1.29, 1.82) is 0 Å². The molecule has 71 heavy (non-hydrogen) atoms. The molecule has 0 aliphatic rings. The molecule has 330 valence electrons. The molecule has 7 heteroatoms. The third-order valence-electron chi connectivity index (χ3n) is 13.6. The fourth-order valence-electron chi connectivity index (χ4n) is 10.4. The van der Waals surface area contributed by atoms with Gasteiger partial charge in [0.15, 0.2) is 0 Å². The Morgan fingerprint density at radius 2 is 0.662 bits per heavy atom. The Kier molecular flexibility index (Phi) is 10.3. The quantitative estimate of drug-likeness (QED) is 0.122. The Morgan fingerprint density at radius 3 is 1.15 bits per heavy atom. The smallest absolute Gasteiger partial charge is 0.352 e. The number of hydrogen-bond acceptors (Lipinski definition) is 6. The third-order valence-corrected chi connectivity index (χ3v) is 13.6. The van der Waals surface area contributed by atoms with Crippen molar-refractivity contribution in [1.82, 2.24) is 29.9 Å². The molecule has 0 spiro atoms. The Bertz CT molecular complexity index is 4240. The van der Waals surface area contributed by atoms with Crippen molar-refractivity contribution in [2.24, 2.45) is 0 Å². The first-order chi connectivity index (χ1) is 34.7. The number of aromatic nitrogens is 6. The number of pyridine rings is 6. The van der Waals surface area contributed by atoms with Gasteiger partial charge in [-0.1, -0.05) is 174 Å². The van der Waals surface area contributed by atoms with Gasteiger partial charge < -0.3 is 29.9 Å². The summed E-state index contributed by atoms with van der Waals surface area (Å²) in [5, 5.41) is 8.07. The van der Waals surface area contributed by atoms with Gasteiger partial charge in [0.1, 0.15) is 0 Å². The fraction of sp³-hybridized carbons (Fsp3) is 0. The van der Waals surface area contributed by atoms with E-state index in [0.717, 1.165) is 143 Å². The van der Waals surface area contributed by atoms with Crippen molar-refractivity contribution < 1.29 is 20.1 Å². The molecule has 0 saturated heterocycles. The van der Waals surface area contributed by atoms with E-state index in [1.165, 1.54) is 0 Å². The van der Waals surface area contributed by atoms with Crippen LogP contribution in [-0.2, 0) is 20.1 Å². The number of nitrogens with zero attached hydrogens (tertiary/aromatic N) is 6. The van der Waals surface area contributed by atoms with Crippen LogP contribution in [0.4, 0.5) is 0 Å². The second kappa shape index (κ2) is 17.3. The number of rotatable bonds is 6. The number of hydrogen-bond donors (Lipinski definition) is 0. The van der Waals surface area contributed by atoms with Crippen LogP contribution in [0.5, 0.6) is 0 Å². The van der Waals surface area contributed by atoms with Crippen molar-refractivity contribution in [3.8, 4) is 66.8 Å². The van der Waals surface area contributed by atoms with Crippen LogP contribution in [0, 0.1) is 18.2 Å². The van der Waals surface area contributed by atoms with Crippen molar-refractivity contribution in [2.45, 2.75) is 0 Å². The zero-order valence-corrected chi connectivity index (χ0v) is 40.1. The summed E-state index contributed by atoms with van der Waals surface area (Å²) in [6.45, 7) is 0. The topological polar surface area (TPSA) is 77.3 Å². The molecular formula is C64H35IrN6. The van der Waals surface area contributed by atoms with E-state index < -0.39 is 0 Å². The first-order valence-electron chi connectivity index (χ1n) is 23.2. The summed E-state index contributed by atoms with van der Waals surface area (Å²) in [7, 11) is 0. The van der Waals surface area contributed by atoms with Crippen molar-refractivity contribution >= 4 is 76.2 Å². The van der Waals surface area contributed by atoms with Crippen LogP contribution in [0.1, 0.15) is 0 Å². The number of fused-ring (bicyclic) bond motifs is 12. The average molecular weight is 1080 g/mol. The maximum Gasteiger partial charge on any atom is 3.00 e. The van der Waals surface area contributed by atoms with Crippen LogP contribution >= 0.6 is 0 Å². The molecule has 0 fully saturated rings. The Hall–Kier alpha value is -8.87. The molecule has 0 aliphatic carbocycles. The van der Waals surface area contributed by atoms with Gasteiger partial charge in [0.05, 0.1) is 0 Å². The second-order valence-electron chi connectivity index (χ2n) is 17.6. The van der Waals surface area contributed by atoms with Crippen LogP contribution in [0.15, 0.2) is 213 Å². The molecule has 0 atom stereocenters. The van der Waals surface area contributed by atoms with Crippen LogP contribution < -0.4 is 0 Å². The minimum absolute atomic E-state index is 0. The minimum atomic E-state index is 0. The molecule has 0 amide bonds. The van der Waals surface area contributed by atoms with Crippen LogP contribution in [-0.4, -0.2) is 29.9 Å². The molecule has 0 unspecified atom stereocenters. The van der Waals surface area contributed by atoms with Gasteiger partial charge in [0.2, 0.25) is 0 Å². The average Bonchev–Trinajstić information content (AvgIpc) is 3.44. The second-order valence-corrected chi connectivity index (χ2v) is 17.6. The van der Waals surface area contributed by atoms with E-state index in [-0.39, 0.29) is 20.1 Å². The Balaban J connectivity index is 0.00000492. The summed E-state index contributed by atoms with van der Waals surface area (Å²) < 4.78 is 0. The molecule has 14 rings (SSSR count). The van der Waals surface area contributed by atoms with Gasteiger partial charge in [0, 0.05) is 18.6 Å². The Labute approximate surface area is 421 Å². The molecule has 0 N–H and O–H groups in total. The molecule has 6 heterocycles. The van der Waals surface area contributed by atoms with Crippen LogP contribution in [0.2, 0.25) is 0 Å². The van der Waals surface area contributed by atoms with E-state index in [1.54, 1.807) is 18.6 Å². The van der Waals surface area contributed by atoms with Gasteiger partial charge in [-0.25, -0.2) is 0 Å². The zero-order valence-electron chi connectivity index (χ0n) is 37.7. The summed E-state index contributed by atoms with van der Waals surface area (Å²) in [4.78, 5) is 29.1. The first-order valence-corrected chi connectivity index (χ1v) is 23.2. The maximum absolute atomic E-state index is 5.17. The van der Waals surface area contributed by atoms with E-state index in [4.69, 9.17) is 19.9 Å². The largest absolute Gasteiger partial charge is 3.00 e. The molecule has 0 radical (unpaired) electrons. The number of benzene rings is 8. The molecule has 8 aromatic carbocycles. The molecule has 14 aromatic rings. The van der Waals surface area contributed by atoms with E-state index in [0.29, 0.717) is 0 Å². The van der Waals surface area contributed by atoms with Gasteiger partial charge in [-0.05, 0) is 145 Å². The van der Waals surface area contributed by atoms with Gasteiger partial charge in [-0.3, -0.25) is 0 Å². The van der Waals surface area contributed by atoms with Crippen molar-refractivity contribution in [2.75, 3.05) is 0 Å². The van der Waals surface area contributed by atoms with Crippen LogP contribution in [0.25, 0.3) is 143 Å². The minimum Gasteiger partial charge on any atom is -0.352 e. The van der Waals surface area contributed by atoms with Gasteiger partial charge >= 0.3 is 20.1 Å². The van der Waals surface area contributed by atoms with E-state index in [1.807, 2.05) is 48.9 Å². The third kappa shape index (κ3) is 7.13. The van der Waals surface area contributed by atoms with Gasteiger partial charge in [-0.2, -0.15) is 0 Å². The van der Waals surface area contributed by atoms with Crippen molar-refractivity contribution in [3.05, 3.63) is 231 Å². The Morgan fingerprint density at radius 1 is 0.282 bits per heavy atom. The molecule has 6 aromatic heterocycles. The van der Waals surface area contributed by atoms with Crippen LogP contribution in [0.3, 0.4) is 0 Å². The summed E-state index contributed by atoms with van der Waals surface area (Å²) in [6, 6.07) is 72.2. The first kappa shape index (κ1) is 42.2. The normalized spacial score (nSPS) is 11.5. The SMILES string of the molecule is [Ir+3].[c-]1ccnc2ccc3cc(-c4ccccc4-c4cc(-c5ccccc5-c5cnc6c(ccc7ncc[c-]c76)c5)cc(-c5ccccc5-c5cnc6c7[c-]ccnc7c7ccccc7c6c5)c4)cnc3c12. The van der Waals surface area contributed by atoms with E-state index in [2.05, 4.69) is 174 Å².